The molecule has 16 heavy (non-hydrogen) atoms. The third-order valence-electron chi connectivity index (χ3n) is 2.15. The molecule has 1 heterocycles. The molecule has 0 saturated carbocycles. The molecule has 0 aromatic carbocycles. The van der Waals surface area contributed by atoms with Crippen LogP contribution in [0.3, 0.4) is 0 Å². The van der Waals surface area contributed by atoms with Crippen molar-refractivity contribution in [2.75, 3.05) is 20.1 Å². The molecule has 0 aliphatic carbocycles. The number of hydrogen-bond donors (Lipinski definition) is 2. The summed E-state index contributed by atoms with van der Waals surface area (Å²) in [5.41, 5.74) is 0. The van der Waals surface area contributed by atoms with E-state index in [1.165, 1.54) is 4.88 Å². The van der Waals surface area contributed by atoms with Crippen molar-refractivity contribution in [3.8, 4) is 0 Å². The Kier molecular flexibility index (Phi) is 6.68. The van der Waals surface area contributed by atoms with Crippen LogP contribution in [-0.2, 0) is 11.2 Å². The highest BCUT2D eigenvalue weighted by Gasteiger charge is 2.01. The molecular weight excluding hydrogens is 288 g/mol. The lowest BCUT2D eigenvalue weighted by molar-refractivity contribution is -0.121. The molecule has 0 saturated heterocycles. The van der Waals surface area contributed by atoms with E-state index < -0.39 is 0 Å². The molecule has 0 aliphatic rings. The van der Waals surface area contributed by atoms with Gasteiger partial charge in [0.15, 0.2) is 0 Å². The second kappa shape index (κ2) is 7.81. The Balaban J connectivity index is 2.08. The first kappa shape index (κ1) is 13.7. The minimum atomic E-state index is 0.144. The summed E-state index contributed by atoms with van der Waals surface area (Å²) in [4.78, 5) is 12.7. The first-order valence-electron chi connectivity index (χ1n) is 5.36. The van der Waals surface area contributed by atoms with Gasteiger partial charge in [0, 0.05) is 27.7 Å². The SMILES string of the molecule is CNCCCC(=O)NCCc1cc(Br)cs1. The topological polar surface area (TPSA) is 41.1 Å². The first-order valence-corrected chi connectivity index (χ1v) is 7.04. The third kappa shape index (κ3) is 5.63. The zero-order valence-corrected chi connectivity index (χ0v) is 11.8. The van der Waals surface area contributed by atoms with Gasteiger partial charge in [-0.15, -0.1) is 11.3 Å². The smallest absolute Gasteiger partial charge is 0.220 e. The van der Waals surface area contributed by atoms with E-state index >= 15 is 0 Å². The van der Waals surface area contributed by atoms with Gasteiger partial charge in [-0.25, -0.2) is 0 Å². The van der Waals surface area contributed by atoms with E-state index in [2.05, 4.69) is 38.0 Å². The molecule has 0 unspecified atom stereocenters. The second-order valence-corrected chi connectivity index (χ2v) is 5.45. The van der Waals surface area contributed by atoms with E-state index in [9.17, 15) is 4.79 Å². The fraction of sp³-hybridized carbons (Fsp3) is 0.545. The molecule has 90 valence electrons. The van der Waals surface area contributed by atoms with Crippen molar-refractivity contribution in [1.82, 2.24) is 10.6 Å². The normalized spacial score (nSPS) is 10.4. The lowest BCUT2D eigenvalue weighted by atomic mass is 10.3. The molecule has 5 heteroatoms. The van der Waals surface area contributed by atoms with Crippen LogP contribution in [0.1, 0.15) is 17.7 Å². The predicted molar refractivity (Wildman–Crippen MR) is 71.9 cm³/mol. The van der Waals surface area contributed by atoms with Crippen LogP contribution < -0.4 is 10.6 Å². The molecule has 1 rings (SSSR count). The minimum absolute atomic E-state index is 0.144. The number of carbonyl (C=O) groups is 1. The summed E-state index contributed by atoms with van der Waals surface area (Å²) in [5, 5.41) is 8.01. The number of amides is 1. The van der Waals surface area contributed by atoms with Crippen molar-refractivity contribution < 1.29 is 4.79 Å². The monoisotopic (exact) mass is 304 g/mol. The molecular formula is C11H17BrN2OS. The number of hydrogen-bond acceptors (Lipinski definition) is 3. The average molecular weight is 305 g/mol. The van der Waals surface area contributed by atoms with Crippen molar-refractivity contribution in [3.63, 3.8) is 0 Å². The maximum absolute atomic E-state index is 11.4. The van der Waals surface area contributed by atoms with Crippen LogP contribution in [-0.4, -0.2) is 26.0 Å². The van der Waals surface area contributed by atoms with Crippen molar-refractivity contribution in [2.24, 2.45) is 0 Å². The molecule has 3 nitrogen and oxygen atoms in total. The van der Waals surface area contributed by atoms with Gasteiger partial charge >= 0.3 is 0 Å². The Morgan fingerprint density at radius 3 is 2.94 bits per heavy atom. The van der Waals surface area contributed by atoms with E-state index in [-0.39, 0.29) is 5.91 Å². The fourth-order valence-electron chi connectivity index (χ4n) is 1.32. The molecule has 0 radical (unpaired) electrons. The van der Waals surface area contributed by atoms with Crippen molar-refractivity contribution in [1.29, 1.82) is 0 Å². The highest BCUT2D eigenvalue weighted by molar-refractivity contribution is 9.10. The second-order valence-electron chi connectivity index (χ2n) is 3.54. The quantitative estimate of drug-likeness (QED) is 0.758. The summed E-state index contributed by atoms with van der Waals surface area (Å²) in [5.74, 6) is 0.144. The Hall–Kier alpha value is -0.390. The van der Waals surface area contributed by atoms with Gasteiger partial charge < -0.3 is 10.6 Å². The molecule has 0 fully saturated rings. The van der Waals surface area contributed by atoms with Gasteiger partial charge in [0.1, 0.15) is 0 Å². The summed E-state index contributed by atoms with van der Waals surface area (Å²) in [6, 6.07) is 2.10. The number of nitrogens with one attached hydrogen (secondary N) is 2. The Morgan fingerprint density at radius 2 is 2.31 bits per heavy atom. The molecule has 0 bridgehead atoms. The lowest BCUT2D eigenvalue weighted by Crippen LogP contribution is -2.26. The van der Waals surface area contributed by atoms with Gasteiger partial charge in [-0.2, -0.15) is 0 Å². The molecule has 0 atom stereocenters. The number of halogens is 1. The highest BCUT2D eigenvalue weighted by atomic mass is 79.9. The van der Waals surface area contributed by atoms with Crippen LogP contribution in [0.25, 0.3) is 0 Å². The third-order valence-corrected chi connectivity index (χ3v) is 3.90. The van der Waals surface area contributed by atoms with E-state index in [1.54, 1.807) is 11.3 Å². The Bertz CT molecular complexity index is 328. The van der Waals surface area contributed by atoms with Crippen molar-refractivity contribution >= 4 is 33.2 Å². The van der Waals surface area contributed by atoms with E-state index in [0.717, 1.165) is 30.4 Å². The summed E-state index contributed by atoms with van der Waals surface area (Å²) in [7, 11) is 1.90. The zero-order chi connectivity index (χ0) is 11.8. The van der Waals surface area contributed by atoms with Gasteiger partial charge in [0.2, 0.25) is 5.91 Å². The van der Waals surface area contributed by atoms with E-state index in [1.807, 2.05) is 7.05 Å². The molecule has 1 aromatic heterocycles. The first-order chi connectivity index (χ1) is 7.72. The van der Waals surface area contributed by atoms with Gasteiger partial charge in [-0.3, -0.25) is 4.79 Å². The van der Waals surface area contributed by atoms with Crippen molar-refractivity contribution in [2.45, 2.75) is 19.3 Å². The standard InChI is InChI=1S/C11H17BrN2OS/c1-13-5-2-3-11(15)14-6-4-10-7-9(12)8-16-10/h7-8,13H,2-6H2,1H3,(H,14,15). The summed E-state index contributed by atoms with van der Waals surface area (Å²) < 4.78 is 1.12. The van der Waals surface area contributed by atoms with Gasteiger partial charge in [0.25, 0.3) is 0 Å². The molecule has 0 spiro atoms. The highest BCUT2D eigenvalue weighted by Crippen LogP contribution is 2.19. The fourth-order valence-corrected chi connectivity index (χ4v) is 2.78. The Labute approximate surface area is 109 Å². The lowest BCUT2D eigenvalue weighted by Gasteiger charge is -2.03. The van der Waals surface area contributed by atoms with Crippen molar-refractivity contribution in [3.05, 3.63) is 20.8 Å². The average Bonchev–Trinajstić information content (AvgIpc) is 2.65. The maximum atomic E-state index is 11.4. The van der Waals surface area contributed by atoms with Crippen LogP contribution in [0, 0.1) is 0 Å². The van der Waals surface area contributed by atoms with E-state index in [4.69, 9.17) is 0 Å². The largest absolute Gasteiger partial charge is 0.356 e. The van der Waals surface area contributed by atoms with Crippen LogP contribution in [0.5, 0.6) is 0 Å². The summed E-state index contributed by atoms with van der Waals surface area (Å²) >= 11 is 5.13. The van der Waals surface area contributed by atoms with Crippen LogP contribution in [0.15, 0.2) is 15.9 Å². The van der Waals surface area contributed by atoms with Crippen LogP contribution >= 0.6 is 27.3 Å². The number of thiophene rings is 1. The number of rotatable bonds is 7. The van der Waals surface area contributed by atoms with Gasteiger partial charge in [0.05, 0.1) is 0 Å². The molecule has 1 amide bonds. The minimum Gasteiger partial charge on any atom is -0.356 e. The summed E-state index contributed by atoms with van der Waals surface area (Å²) in [6.45, 7) is 1.62. The van der Waals surface area contributed by atoms with E-state index in [0.29, 0.717) is 6.42 Å². The molecule has 1 aromatic rings. The summed E-state index contributed by atoms with van der Waals surface area (Å²) in [6.07, 6.45) is 2.41. The zero-order valence-electron chi connectivity index (χ0n) is 9.38. The maximum Gasteiger partial charge on any atom is 0.220 e. The predicted octanol–water partition coefficient (Wildman–Crippen LogP) is 2.17. The number of carbonyl (C=O) groups excluding carboxylic acids is 1. The Morgan fingerprint density at radius 1 is 1.50 bits per heavy atom. The van der Waals surface area contributed by atoms with Crippen LogP contribution in [0.4, 0.5) is 0 Å². The van der Waals surface area contributed by atoms with Gasteiger partial charge in [-0.05, 0) is 48.4 Å². The molecule has 0 aliphatic heterocycles. The van der Waals surface area contributed by atoms with Crippen LogP contribution in [0.2, 0.25) is 0 Å². The molecule has 2 N–H and O–H groups in total. The van der Waals surface area contributed by atoms with Gasteiger partial charge in [-0.1, -0.05) is 0 Å².